The molecule has 4 heterocycles. The number of pyridine rings is 1. The summed E-state index contributed by atoms with van der Waals surface area (Å²) in [6.45, 7) is 3.97. The summed E-state index contributed by atoms with van der Waals surface area (Å²) < 4.78 is 8.04. The first kappa shape index (κ1) is 14.4. The van der Waals surface area contributed by atoms with Gasteiger partial charge in [0.2, 0.25) is 5.88 Å². The van der Waals surface area contributed by atoms with E-state index in [-0.39, 0.29) is 0 Å². The fourth-order valence-electron chi connectivity index (χ4n) is 2.78. The van der Waals surface area contributed by atoms with E-state index in [1.54, 1.807) is 7.11 Å². The van der Waals surface area contributed by atoms with Gasteiger partial charge in [-0.15, -0.1) is 11.3 Å². The number of rotatable bonds is 2. The van der Waals surface area contributed by atoms with Gasteiger partial charge in [0.15, 0.2) is 11.5 Å². The van der Waals surface area contributed by atoms with Crippen molar-refractivity contribution < 1.29 is 4.74 Å². The second-order valence-electron chi connectivity index (χ2n) is 5.20. The molecule has 0 saturated carbocycles. The first-order valence-corrected chi connectivity index (χ1v) is 8.24. The van der Waals surface area contributed by atoms with Crippen molar-refractivity contribution in [2.45, 2.75) is 13.8 Å². The smallest absolute Gasteiger partial charge is 0.215 e. The number of aryl methyl sites for hydroxylation is 2. The molecule has 7 heteroatoms. The Balaban J connectivity index is 2.19. The van der Waals surface area contributed by atoms with Crippen LogP contribution in [0.5, 0.6) is 5.88 Å². The van der Waals surface area contributed by atoms with Crippen molar-refractivity contribution in [1.29, 1.82) is 0 Å². The van der Waals surface area contributed by atoms with Gasteiger partial charge in [0.1, 0.15) is 5.52 Å². The van der Waals surface area contributed by atoms with Crippen molar-refractivity contribution >= 4 is 39.6 Å². The van der Waals surface area contributed by atoms with Crippen LogP contribution in [0.3, 0.4) is 0 Å². The lowest BCUT2D eigenvalue weighted by molar-refractivity contribution is 0.399. The van der Waals surface area contributed by atoms with E-state index >= 15 is 0 Å². The molecular weight excluding hydrogens is 332 g/mol. The summed E-state index contributed by atoms with van der Waals surface area (Å²) >= 11 is 7.60. The number of hydrogen-bond donors (Lipinski definition) is 0. The predicted octanol–water partition coefficient (Wildman–Crippen LogP) is 4.28. The second-order valence-corrected chi connectivity index (χ2v) is 6.92. The maximum absolute atomic E-state index is 6.10. The summed E-state index contributed by atoms with van der Waals surface area (Å²) in [5.74, 6) is 1.37. The third-order valence-corrected chi connectivity index (χ3v) is 4.95. The summed E-state index contributed by atoms with van der Waals surface area (Å²) in [5.41, 5.74) is 4.34. The van der Waals surface area contributed by atoms with Crippen molar-refractivity contribution in [2.24, 2.45) is 0 Å². The molecule has 0 unspecified atom stereocenters. The molecule has 0 N–H and O–H groups in total. The molecule has 4 aromatic heterocycles. The highest BCUT2D eigenvalue weighted by Gasteiger charge is 2.18. The monoisotopic (exact) mass is 344 g/mol. The van der Waals surface area contributed by atoms with Crippen LogP contribution in [0, 0.1) is 13.8 Å². The molecule has 4 rings (SSSR count). The van der Waals surface area contributed by atoms with E-state index in [2.05, 4.69) is 9.97 Å². The zero-order valence-corrected chi connectivity index (χ0v) is 14.4. The van der Waals surface area contributed by atoms with Crippen molar-refractivity contribution in [3.8, 4) is 16.6 Å². The maximum Gasteiger partial charge on any atom is 0.215 e. The van der Waals surface area contributed by atoms with Gasteiger partial charge in [-0.25, -0.2) is 9.97 Å². The van der Waals surface area contributed by atoms with Gasteiger partial charge in [-0.1, -0.05) is 11.6 Å². The summed E-state index contributed by atoms with van der Waals surface area (Å²) in [4.78, 5) is 15.0. The first-order chi connectivity index (χ1) is 11.1. The highest BCUT2D eigenvalue weighted by molar-refractivity contribution is 7.19. The molecular formula is C16H13ClN4OS. The SMILES string of the molecule is COc1ccc2nc(C)c3c(C)nc(-c4ccc(Cl)s4)n3c2n1. The Labute approximate surface area is 141 Å². The van der Waals surface area contributed by atoms with Crippen molar-refractivity contribution in [2.75, 3.05) is 7.11 Å². The highest BCUT2D eigenvalue weighted by Crippen LogP contribution is 2.33. The molecule has 0 aliphatic heterocycles. The minimum absolute atomic E-state index is 0.547. The van der Waals surface area contributed by atoms with E-state index in [0.29, 0.717) is 5.88 Å². The second kappa shape index (κ2) is 5.18. The minimum atomic E-state index is 0.547. The number of methoxy groups -OCH3 is 1. The lowest BCUT2D eigenvalue weighted by Gasteiger charge is -2.08. The molecule has 0 fully saturated rings. The molecule has 0 spiro atoms. The van der Waals surface area contributed by atoms with Crippen LogP contribution in [0.15, 0.2) is 24.3 Å². The summed E-state index contributed by atoms with van der Waals surface area (Å²) in [5, 5.41) is 0. The molecule has 5 nitrogen and oxygen atoms in total. The van der Waals surface area contributed by atoms with Crippen molar-refractivity contribution in [3.63, 3.8) is 0 Å². The van der Waals surface area contributed by atoms with Crippen LogP contribution in [-0.2, 0) is 0 Å². The molecule has 4 aromatic rings. The average molecular weight is 345 g/mol. The Morgan fingerprint density at radius 1 is 1.04 bits per heavy atom. The molecule has 0 aromatic carbocycles. The van der Waals surface area contributed by atoms with Gasteiger partial charge in [-0.3, -0.25) is 4.40 Å². The topological polar surface area (TPSA) is 52.3 Å². The van der Waals surface area contributed by atoms with Gasteiger partial charge in [0.25, 0.3) is 0 Å². The molecule has 0 saturated heterocycles. The van der Waals surface area contributed by atoms with Crippen molar-refractivity contribution in [3.05, 3.63) is 40.0 Å². The number of imidazole rings is 1. The van der Waals surface area contributed by atoms with Gasteiger partial charge in [0.05, 0.1) is 33.2 Å². The summed E-state index contributed by atoms with van der Waals surface area (Å²) in [7, 11) is 1.60. The van der Waals surface area contributed by atoms with Crippen LogP contribution >= 0.6 is 22.9 Å². The fraction of sp³-hybridized carbons (Fsp3) is 0.188. The number of hydrogen-bond acceptors (Lipinski definition) is 5. The lowest BCUT2D eigenvalue weighted by atomic mass is 10.3. The third kappa shape index (κ3) is 2.17. The number of halogens is 1. The van der Waals surface area contributed by atoms with Crippen LogP contribution < -0.4 is 4.74 Å². The molecule has 0 atom stereocenters. The van der Waals surface area contributed by atoms with Crippen molar-refractivity contribution in [1.82, 2.24) is 19.4 Å². The number of ether oxygens (including phenoxy) is 1. The zero-order valence-electron chi connectivity index (χ0n) is 12.8. The number of thiophene rings is 1. The van der Waals surface area contributed by atoms with Crippen LogP contribution in [0.2, 0.25) is 4.34 Å². The van der Waals surface area contributed by atoms with Gasteiger partial charge < -0.3 is 4.74 Å². The third-order valence-electron chi connectivity index (χ3n) is 3.73. The fourth-order valence-corrected chi connectivity index (χ4v) is 3.80. The maximum atomic E-state index is 6.10. The Kier molecular flexibility index (Phi) is 3.25. The Morgan fingerprint density at radius 2 is 1.83 bits per heavy atom. The summed E-state index contributed by atoms with van der Waals surface area (Å²) in [6, 6.07) is 7.57. The molecule has 0 amide bonds. The number of fused-ring (bicyclic) bond motifs is 3. The van der Waals surface area contributed by atoms with Crippen LogP contribution in [0.4, 0.5) is 0 Å². The number of nitrogens with zero attached hydrogens (tertiary/aromatic N) is 4. The van der Waals surface area contributed by atoms with E-state index < -0.39 is 0 Å². The normalized spacial score (nSPS) is 11.5. The minimum Gasteiger partial charge on any atom is -0.481 e. The highest BCUT2D eigenvalue weighted by atomic mass is 35.5. The van der Waals surface area contributed by atoms with E-state index in [9.17, 15) is 0 Å². The predicted molar refractivity (Wildman–Crippen MR) is 92.6 cm³/mol. The zero-order chi connectivity index (χ0) is 16.1. The average Bonchev–Trinajstić information content (AvgIpc) is 3.11. The van der Waals surface area contributed by atoms with Crippen LogP contribution in [0.25, 0.3) is 27.4 Å². The Hall–Kier alpha value is -2.18. The molecule has 23 heavy (non-hydrogen) atoms. The Bertz CT molecular complexity index is 1050. The molecule has 0 aliphatic rings. The van der Waals surface area contributed by atoms with Gasteiger partial charge in [-0.05, 0) is 32.0 Å². The van der Waals surface area contributed by atoms with E-state index in [0.717, 1.165) is 43.1 Å². The largest absolute Gasteiger partial charge is 0.481 e. The van der Waals surface area contributed by atoms with Crippen LogP contribution in [-0.4, -0.2) is 26.5 Å². The lowest BCUT2D eigenvalue weighted by Crippen LogP contribution is -2.00. The number of aromatic nitrogens is 4. The van der Waals surface area contributed by atoms with E-state index in [1.807, 2.05) is 42.5 Å². The molecule has 0 radical (unpaired) electrons. The Morgan fingerprint density at radius 3 is 2.52 bits per heavy atom. The quantitative estimate of drug-likeness (QED) is 0.544. The van der Waals surface area contributed by atoms with Gasteiger partial charge in [-0.2, -0.15) is 4.98 Å². The van der Waals surface area contributed by atoms with Gasteiger partial charge >= 0.3 is 0 Å². The van der Waals surface area contributed by atoms with Crippen LogP contribution in [0.1, 0.15) is 11.4 Å². The van der Waals surface area contributed by atoms with Gasteiger partial charge in [0, 0.05) is 6.07 Å². The van der Waals surface area contributed by atoms with E-state index in [1.165, 1.54) is 11.3 Å². The molecule has 0 aliphatic carbocycles. The molecule has 116 valence electrons. The first-order valence-electron chi connectivity index (χ1n) is 7.04. The molecule has 0 bridgehead atoms. The standard InChI is InChI=1S/C16H13ClN4OS/c1-8-14-9(2)19-16(11-5-6-12(17)23-11)21(14)15-10(18-8)4-7-13(20-15)22-3/h4-7H,1-3H3. The summed E-state index contributed by atoms with van der Waals surface area (Å²) in [6.07, 6.45) is 0. The van der Waals surface area contributed by atoms with E-state index in [4.69, 9.17) is 21.3 Å².